The lowest BCUT2D eigenvalue weighted by Crippen LogP contribution is -2.07. The molecule has 0 aromatic heterocycles. The smallest absolute Gasteiger partial charge is 0.248 e. The fourth-order valence-corrected chi connectivity index (χ4v) is 2.15. The topological polar surface area (TPSA) is 49.3 Å². The Morgan fingerprint density at radius 1 is 1.14 bits per heavy atom. The zero-order valence-corrected chi connectivity index (χ0v) is 12.5. The van der Waals surface area contributed by atoms with Gasteiger partial charge in [-0.2, -0.15) is 0 Å². The molecule has 0 bridgehead atoms. The van der Waals surface area contributed by atoms with Gasteiger partial charge in [0.1, 0.15) is 0 Å². The lowest BCUT2D eigenvalue weighted by atomic mass is 10.2. The number of halogens is 2. The number of benzene rings is 2. The van der Waals surface area contributed by atoms with Crippen molar-refractivity contribution in [1.82, 2.24) is 0 Å². The maximum Gasteiger partial charge on any atom is 0.248 e. The summed E-state index contributed by atoms with van der Waals surface area (Å²) in [6.45, 7) is -0.0246. The van der Waals surface area contributed by atoms with E-state index >= 15 is 0 Å². The minimum Gasteiger partial charge on any atom is -0.392 e. The van der Waals surface area contributed by atoms with Gasteiger partial charge in [0.15, 0.2) is 0 Å². The molecular weight excluding hydrogens is 309 g/mol. The second-order valence-electron chi connectivity index (χ2n) is 4.34. The van der Waals surface area contributed by atoms with Crippen molar-refractivity contribution in [1.29, 1.82) is 0 Å². The molecule has 0 saturated heterocycles. The molecule has 2 rings (SSSR count). The molecule has 2 aromatic rings. The van der Waals surface area contributed by atoms with Crippen LogP contribution < -0.4 is 5.32 Å². The number of nitrogens with one attached hydrogen (secondary N) is 1. The van der Waals surface area contributed by atoms with E-state index in [1.54, 1.807) is 48.5 Å². The molecule has 0 atom stereocenters. The van der Waals surface area contributed by atoms with Crippen molar-refractivity contribution in [3.63, 3.8) is 0 Å². The molecule has 0 aliphatic heterocycles. The first-order chi connectivity index (χ1) is 10.1. The number of hydrogen-bond donors (Lipinski definition) is 2. The number of aliphatic hydroxyl groups excluding tert-OH is 1. The van der Waals surface area contributed by atoms with Crippen molar-refractivity contribution in [3.05, 3.63) is 69.7 Å². The summed E-state index contributed by atoms with van der Waals surface area (Å²) in [5.41, 5.74) is 2.16. The summed E-state index contributed by atoms with van der Waals surface area (Å²) < 4.78 is 0. The van der Waals surface area contributed by atoms with Crippen molar-refractivity contribution in [2.24, 2.45) is 0 Å². The number of hydrogen-bond acceptors (Lipinski definition) is 2. The third kappa shape index (κ3) is 4.60. The Hall–Kier alpha value is -1.81. The van der Waals surface area contributed by atoms with E-state index in [0.717, 1.165) is 5.56 Å². The van der Waals surface area contributed by atoms with E-state index in [0.29, 0.717) is 21.3 Å². The third-order valence-corrected chi connectivity index (χ3v) is 3.34. The van der Waals surface area contributed by atoms with Gasteiger partial charge in [0, 0.05) is 21.8 Å². The first-order valence-electron chi connectivity index (χ1n) is 6.22. The predicted octanol–water partition coefficient (Wildman–Crippen LogP) is 4.14. The van der Waals surface area contributed by atoms with E-state index in [4.69, 9.17) is 28.3 Å². The number of carbonyl (C=O) groups excluding carboxylic acids is 1. The molecule has 1 amide bonds. The molecule has 0 heterocycles. The van der Waals surface area contributed by atoms with Crippen molar-refractivity contribution >= 4 is 40.9 Å². The van der Waals surface area contributed by atoms with Crippen LogP contribution in [0.5, 0.6) is 0 Å². The number of carbonyl (C=O) groups is 1. The van der Waals surface area contributed by atoms with Gasteiger partial charge in [-0.15, -0.1) is 0 Å². The van der Waals surface area contributed by atoms with Crippen LogP contribution in [0.25, 0.3) is 6.08 Å². The highest BCUT2D eigenvalue weighted by Crippen LogP contribution is 2.22. The minimum atomic E-state index is -0.266. The van der Waals surface area contributed by atoms with Crippen LogP contribution in [0.2, 0.25) is 10.0 Å². The number of rotatable bonds is 4. The van der Waals surface area contributed by atoms with Crippen LogP contribution in [0.3, 0.4) is 0 Å². The van der Waals surface area contributed by atoms with Gasteiger partial charge in [-0.05, 0) is 41.5 Å². The zero-order valence-electron chi connectivity index (χ0n) is 11.0. The van der Waals surface area contributed by atoms with Gasteiger partial charge >= 0.3 is 0 Å². The molecule has 0 radical (unpaired) electrons. The standard InChI is InChI=1S/C16H13Cl2NO2/c17-13-5-3-12(15(18)9-13)4-8-16(21)19-14-6-1-11(10-20)2-7-14/h1-9,20H,10H2,(H,19,21). The normalized spacial score (nSPS) is 10.8. The molecule has 0 saturated carbocycles. The minimum absolute atomic E-state index is 0.0246. The van der Waals surface area contributed by atoms with Gasteiger partial charge < -0.3 is 10.4 Å². The van der Waals surface area contributed by atoms with Crippen LogP contribution in [0.1, 0.15) is 11.1 Å². The molecule has 0 aliphatic carbocycles. The predicted molar refractivity (Wildman–Crippen MR) is 86.5 cm³/mol. The van der Waals surface area contributed by atoms with Crippen molar-refractivity contribution in [3.8, 4) is 0 Å². The summed E-state index contributed by atoms with van der Waals surface area (Å²) in [4.78, 5) is 11.8. The van der Waals surface area contributed by atoms with E-state index in [1.807, 2.05) is 0 Å². The lowest BCUT2D eigenvalue weighted by Gasteiger charge is -2.03. The third-order valence-electron chi connectivity index (χ3n) is 2.78. The average Bonchev–Trinajstić information content (AvgIpc) is 2.47. The van der Waals surface area contributed by atoms with E-state index < -0.39 is 0 Å². The summed E-state index contributed by atoms with van der Waals surface area (Å²) in [5.74, 6) is -0.266. The van der Waals surface area contributed by atoms with E-state index in [-0.39, 0.29) is 12.5 Å². The van der Waals surface area contributed by atoms with Crippen LogP contribution in [0.4, 0.5) is 5.69 Å². The highest BCUT2D eigenvalue weighted by molar-refractivity contribution is 6.35. The molecular formula is C16H13Cl2NO2. The molecule has 0 unspecified atom stereocenters. The van der Waals surface area contributed by atoms with Gasteiger partial charge in [-0.1, -0.05) is 41.4 Å². The Morgan fingerprint density at radius 3 is 2.48 bits per heavy atom. The van der Waals surface area contributed by atoms with Crippen LogP contribution >= 0.6 is 23.2 Å². The first-order valence-corrected chi connectivity index (χ1v) is 6.98. The molecule has 2 aromatic carbocycles. The highest BCUT2D eigenvalue weighted by Gasteiger charge is 2.01. The zero-order chi connectivity index (χ0) is 15.2. The quantitative estimate of drug-likeness (QED) is 0.831. The largest absolute Gasteiger partial charge is 0.392 e. The molecule has 0 fully saturated rings. The summed E-state index contributed by atoms with van der Waals surface area (Å²) >= 11 is 11.8. The Labute approximate surface area is 132 Å². The van der Waals surface area contributed by atoms with E-state index in [9.17, 15) is 4.79 Å². The Balaban J connectivity index is 2.01. The second-order valence-corrected chi connectivity index (χ2v) is 5.19. The summed E-state index contributed by atoms with van der Waals surface area (Å²) in [6, 6.07) is 12.0. The lowest BCUT2D eigenvalue weighted by molar-refractivity contribution is -0.111. The molecule has 3 nitrogen and oxygen atoms in total. The van der Waals surface area contributed by atoms with Gasteiger partial charge in [0.25, 0.3) is 0 Å². The Bertz CT molecular complexity index is 666. The fourth-order valence-electron chi connectivity index (χ4n) is 1.68. The van der Waals surface area contributed by atoms with Gasteiger partial charge in [-0.25, -0.2) is 0 Å². The molecule has 5 heteroatoms. The van der Waals surface area contributed by atoms with E-state index in [2.05, 4.69) is 5.32 Å². The summed E-state index contributed by atoms with van der Waals surface area (Å²) in [5, 5.41) is 12.7. The number of anilines is 1. The highest BCUT2D eigenvalue weighted by atomic mass is 35.5. The average molecular weight is 322 g/mol. The monoisotopic (exact) mass is 321 g/mol. The van der Waals surface area contributed by atoms with Crippen LogP contribution in [-0.2, 0) is 11.4 Å². The maximum atomic E-state index is 11.8. The summed E-state index contributed by atoms with van der Waals surface area (Å²) in [6.07, 6.45) is 3.02. The number of amides is 1. The first kappa shape index (κ1) is 15.6. The number of aliphatic hydroxyl groups is 1. The van der Waals surface area contributed by atoms with Crippen LogP contribution in [0, 0.1) is 0 Å². The van der Waals surface area contributed by atoms with Gasteiger partial charge in [-0.3, -0.25) is 4.79 Å². The summed E-state index contributed by atoms with van der Waals surface area (Å²) in [7, 11) is 0. The van der Waals surface area contributed by atoms with Crippen molar-refractivity contribution in [2.75, 3.05) is 5.32 Å². The SMILES string of the molecule is O=C(C=Cc1ccc(Cl)cc1Cl)Nc1ccc(CO)cc1. The fraction of sp³-hybridized carbons (Fsp3) is 0.0625. The molecule has 108 valence electrons. The molecule has 0 spiro atoms. The second kappa shape index (κ2) is 7.27. The Morgan fingerprint density at radius 2 is 1.86 bits per heavy atom. The van der Waals surface area contributed by atoms with Crippen LogP contribution in [0.15, 0.2) is 48.5 Å². The molecule has 21 heavy (non-hydrogen) atoms. The van der Waals surface area contributed by atoms with Crippen LogP contribution in [-0.4, -0.2) is 11.0 Å². The maximum absolute atomic E-state index is 11.8. The van der Waals surface area contributed by atoms with Gasteiger partial charge in [0.2, 0.25) is 5.91 Å². The van der Waals surface area contributed by atoms with E-state index in [1.165, 1.54) is 6.08 Å². The molecule has 2 N–H and O–H groups in total. The Kier molecular flexibility index (Phi) is 5.39. The van der Waals surface area contributed by atoms with Crippen molar-refractivity contribution in [2.45, 2.75) is 6.61 Å². The molecule has 0 aliphatic rings. The van der Waals surface area contributed by atoms with Crippen molar-refractivity contribution < 1.29 is 9.90 Å². The van der Waals surface area contributed by atoms with Gasteiger partial charge in [0.05, 0.1) is 6.61 Å².